The van der Waals surface area contributed by atoms with Gasteiger partial charge in [-0.3, -0.25) is 4.79 Å². The third-order valence-corrected chi connectivity index (χ3v) is 4.56. The summed E-state index contributed by atoms with van der Waals surface area (Å²) in [5.41, 5.74) is 3.23. The van der Waals surface area contributed by atoms with Crippen LogP contribution in [0.2, 0.25) is 0 Å². The summed E-state index contributed by atoms with van der Waals surface area (Å²) in [6.45, 7) is 1.99. The molecular weight excluding hydrogens is 314 g/mol. The summed E-state index contributed by atoms with van der Waals surface area (Å²) in [5.74, 6) is 1.48. The van der Waals surface area contributed by atoms with Crippen molar-refractivity contribution in [1.82, 2.24) is 10.1 Å². The fraction of sp³-hybridized carbons (Fsp3) is 0.250. The first-order valence-electron chi connectivity index (χ1n) is 8.51. The van der Waals surface area contributed by atoms with Crippen molar-refractivity contribution in [1.29, 1.82) is 0 Å². The minimum atomic E-state index is -0.157. The van der Waals surface area contributed by atoms with Gasteiger partial charge in [0.05, 0.1) is 0 Å². The first-order valence-corrected chi connectivity index (χ1v) is 8.51. The Labute approximate surface area is 146 Å². The molecule has 1 saturated carbocycles. The van der Waals surface area contributed by atoms with Crippen molar-refractivity contribution >= 4 is 11.6 Å². The molecule has 0 saturated heterocycles. The number of carbonyl (C=O) groups excluding carboxylic acids is 1. The van der Waals surface area contributed by atoms with E-state index in [-0.39, 0.29) is 5.91 Å². The lowest BCUT2D eigenvalue weighted by molar-refractivity contribution is 0.102. The van der Waals surface area contributed by atoms with E-state index >= 15 is 0 Å². The van der Waals surface area contributed by atoms with Gasteiger partial charge in [0.15, 0.2) is 0 Å². The van der Waals surface area contributed by atoms with Crippen LogP contribution in [0.4, 0.5) is 5.69 Å². The average molecular weight is 333 g/mol. The molecule has 1 aliphatic carbocycles. The van der Waals surface area contributed by atoms with E-state index in [1.807, 2.05) is 43.3 Å². The predicted molar refractivity (Wildman–Crippen MR) is 95.5 cm³/mol. The lowest BCUT2D eigenvalue weighted by Gasteiger charge is -2.20. The van der Waals surface area contributed by atoms with Crippen LogP contribution < -0.4 is 5.32 Å². The van der Waals surface area contributed by atoms with Crippen LogP contribution in [0.25, 0.3) is 11.4 Å². The number of hydrogen-bond donors (Lipinski definition) is 1. The molecule has 0 atom stereocenters. The molecule has 4 rings (SSSR count). The van der Waals surface area contributed by atoms with Gasteiger partial charge in [-0.25, -0.2) is 0 Å². The number of nitrogens with one attached hydrogen (secondary N) is 1. The number of anilines is 1. The van der Waals surface area contributed by atoms with Gasteiger partial charge in [-0.05, 0) is 49.6 Å². The highest BCUT2D eigenvalue weighted by Crippen LogP contribution is 2.36. The minimum absolute atomic E-state index is 0.157. The average Bonchev–Trinajstić information content (AvgIpc) is 3.03. The molecule has 0 bridgehead atoms. The summed E-state index contributed by atoms with van der Waals surface area (Å²) in [6, 6.07) is 15.0. The zero-order chi connectivity index (χ0) is 17.2. The van der Waals surface area contributed by atoms with Gasteiger partial charge < -0.3 is 9.84 Å². The number of hydrogen-bond acceptors (Lipinski definition) is 4. The van der Waals surface area contributed by atoms with Crippen molar-refractivity contribution in [3.63, 3.8) is 0 Å². The number of aromatic nitrogens is 2. The number of aryl methyl sites for hydroxylation is 1. The summed E-state index contributed by atoms with van der Waals surface area (Å²) >= 11 is 0. The summed E-state index contributed by atoms with van der Waals surface area (Å²) in [4.78, 5) is 17.0. The number of carbonyl (C=O) groups is 1. The van der Waals surface area contributed by atoms with E-state index < -0.39 is 0 Å². The SMILES string of the molecule is Cc1cccc(NC(=O)c2cccc(-c3noc(C4CCC4)n3)c2)c1. The summed E-state index contributed by atoms with van der Waals surface area (Å²) < 4.78 is 5.37. The molecule has 1 amide bonds. The van der Waals surface area contributed by atoms with Gasteiger partial charge in [-0.2, -0.15) is 4.98 Å². The molecule has 0 spiro atoms. The Morgan fingerprint density at radius 2 is 2.00 bits per heavy atom. The molecule has 1 aliphatic rings. The Morgan fingerprint density at radius 1 is 1.16 bits per heavy atom. The Balaban J connectivity index is 1.54. The second kappa shape index (κ2) is 6.51. The third-order valence-electron chi connectivity index (χ3n) is 4.56. The van der Waals surface area contributed by atoms with Crippen molar-refractivity contribution in [3.8, 4) is 11.4 Å². The van der Waals surface area contributed by atoms with Crippen molar-refractivity contribution in [2.24, 2.45) is 0 Å². The topological polar surface area (TPSA) is 68.0 Å². The van der Waals surface area contributed by atoms with Gasteiger partial charge in [-0.1, -0.05) is 35.8 Å². The minimum Gasteiger partial charge on any atom is -0.339 e. The second-order valence-corrected chi connectivity index (χ2v) is 6.49. The molecule has 1 aromatic heterocycles. The van der Waals surface area contributed by atoms with Crippen LogP contribution in [-0.4, -0.2) is 16.0 Å². The highest BCUT2D eigenvalue weighted by molar-refractivity contribution is 6.04. The van der Waals surface area contributed by atoms with Gasteiger partial charge in [-0.15, -0.1) is 0 Å². The number of benzene rings is 2. The van der Waals surface area contributed by atoms with Crippen molar-refractivity contribution in [2.45, 2.75) is 32.1 Å². The van der Waals surface area contributed by atoms with Crippen LogP contribution >= 0.6 is 0 Å². The largest absolute Gasteiger partial charge is 0.339 e. The van der Waals surface area contributed by atoms with Crippen LogP contribution in [-0.2, 0) is 0 Å². The number of nitrogens with zero attached hydrogens (tertiary/aromatic N) is 2. The van der Waals surface area contributed by atoms with E-state index in [0.717, 1.165) is 29.7 Å². The van der Waals surface area contributed by atoms with Crippen molar-refractivity contribution in [3.05, 3.63) is 65.5 Å². The van der Waals surface area contributed by atoms with E-state index in [0.29, 0.717) is 23.2 Å². The standard InChI is InChI=1S/C20H19N3O2/c1-13-5-2-10-17(11-13)21-19(24)16-9-4-8-15(12-16)18-22-20(25-23-18)14-6-3-7-14/h2,4-5,8-12,14H,3,6-7H2,1H3,(H,21,24). The molecule has 0 aliphatic heterocycles. The zero-order valence-corrected chi connectivity index (χ0v) is 14.0. The first-order chi connectivity index (χ1) is 12.2. The van der Waals surface area contributed by atoms with Gasteiger partial charge in [0.25, 0.3) is 5.91 Å². The van der Waals surface area contributed by atoms with Crippen LogP contribution in [0.3, 0.4) is 0 Å². The van der Waals surface area contributed by atoms with Crippen LogP contribution in [0, 0.1) is 6.92 Å². The Bertz CT molecular complexity index is 913. The van der Waals surface area contributed by atoms with Gasteiger partial charge in [0.2, 0.25) is 11.7 Å². The maximum atomic E-state index is 12.5. The predicted octanol–water partition coefficient (Wildman–Crippen LogP) is 4.56. The quantitative estimate of drug-likeness (QED) is 0.759. The van der Waals surface area contributed by atoms with Crippen LogP contribution in [0.5, 0.6) is 0 Å². The first kappa shape index (κ1) is 15.6. The Hall–Kier alpha value is -2.95. The molecule has 0 unspecified atom stereocenters. The fourth-order valence-electron chi connectivity index (χ4n) is 2.90. The maximum absolute atomic E-state index is 12.5. The molecule has 5 heteroatoms. The van der Waals surface area contributed by atoms with Gasteiger partial charge in [0.1, 0.15) is 0 Å². The highest BCUT2D eigenvalue weighted by atomic mass is 16.5. The van der Waals surface area contributed by atoms with E-state index in [4.69, 9.17) is 4.52 Å². The summed E-state index contributed by atoms with van der Waals surface area (Å²) in [7, 11) is 0. The summed E-state index contributed by atoms with van der Waals surface area (Å²) in [5, 5.41) is 6.98. The summed E-state index contributed by atoms with van der Waals surface area (Å²) in [6.07, 6.45) is 3.44. The molecule has 3 aromatic rings. The maximum Gasteiger partial charge on any atom is 0.255 e. The van der Waals surface area contributed by atoms with E-state index in [2.05, 4.69) is 15.5 Å². The van der Waals surface area contributed by atoms with Gasteiger partial charge >= 0.3 is 0 Å². The lowest BCUT2D eigenvalue weighted by Crippen LogP contribution is -2.12. The number of rotatable bonds is 4. The Kier molecular flexibility index (Phi) is 4.06. The van der Waals surface area contributed by atoms with Crippen molar-refractivity contribution in [2.75, 3.05) is 5.32 Å². The van der Waals surface area contributed by atoms with Crippen LogP contribution in [0.1, 0.15) is 47.0 Å². The highest BCUT2D eigenvalue weighted by Gasteiger charge is 2.25. The van der Waals surface area contributed by atoms with E-state index in [9.17, 15) is 4.79 Å². The van der Waals surface area contributed by atoms with Crippen molar-refractivity contribution < 1.29 is 9.32 Å². The molecule has 0 radical (unpaired) electrons. The van der Waals surface area contributed by atoms with Crippen LogP contribution in [0.15, 0.2) is 53.1 Å². The normalized spacial score (nSPS) is 14.1. The fourth-order valence-corrected chi connectivity index (χ4v) is 2.90. The zero-order valence-electron chi connectivity index (χ0n) is 14.0. The van der Waals surface area contributed by atoms with E-state index in [1.54, 1.807) is 12.1 Å². The molecular formula is C20H19N3O2. The Morgan fingerprint density at radius 3 is 2.76 bits per heavy atom. The number of amides is 1. The molecule has 126 valence electrons. The molecule has 25 heavy (non-hydrogen) atoms. The molecule has 1 N–H and O–H groups in total. The molecule has 5 nitrogen and oxygen atoms in total. The third kappa shape index (κ3) is 3.31. The van der Waals surface area contributed by atoms with Gasteiger partial charge in [0, 0.05) is 22.7 Å². The molecule has 1 heterocycles. The lowest BCUT2D eigenvalue weighted by atomic mass is 9.85. The smallest absolute Gasteiger partial charge is 0.255 e. The van der Waals surface area contributed by atoms with E-state index in [1.165, 1.54) is 6.42 Å². The second-order valence-electron chi connectivity index (χ2n) is 6.49. The monoisotopic (exact) mass is 333 g/mol. The molecule has 2 aromatic carbocycles. The molecule has 1 fully saturated rings.